The number of hydrogen-bond donors (Lipinski definition) is 2. The Bertz CT molecular complexity index is 1490. The number of halogens is 3. The quantitative estimate of drug-likeness (QED) is 0.389. The Balaban J connectivity index is 1.38. The summed E-state index contributed by atoms with van der Waals surface area (Å²) in [6, 6.07) is 8.66. The highest BCUT2D eigenvalue weighted by atomic mass is 19.4. The Morgan fingerprint density at radius 1 is 1.11 bits per heavy atom. The third-order valence-electron chi connectivity index (χ3n) is 6.75. The summed E-state index contributed by atoms with van der Waals surface area (Å²) in [5, 5.41) is 14.1. The lowest BCUT2D eigenvalue weighted by Crippen LogP contribution is -2.39. The van der Waals surface area contributed by atoms with Gasteiger partial charge in [-0.3, -0.25) is 14.7 Å². The zero-order chi connectivity index (χ0) is 26.3. The predicted molar refractivity (Wildman–Crippen MR) is 130 cm³/mol. The van der Waals surface area contributed by atoms with E-state index in [9.17, 15) is 22.8 Å². The molecule has 192 valence electrons. The van der Waals surface area contributed by atoms with Crippen molar-refractivity contribution >= 4 is 23.1 Å². The van der Waals surface area contributed by atoms with Crippen molar-refractivity contribution in [2.45, 2.75) is 45.3 Å². The summed E-state index contributed by atoms with van der Waals surface area (Å²) >= 11 is 0. The molecule has 4 aromatic rings. The normalized spacial score (nSPS) is 16.2. The van der Waals surface area contributed by atoms with Crippen molar-refractivity contribution in [3.05, 3.63) is 82.3 Å². The van der Waals surface area contributed by atoms with Gasteiger partial charge in [-0.2, -0.15) is 23.4 Å². The molecular weight excluding hydrogens is 485 g/mol. The molecule has 5 rings (SSSR count). The number of H-pyrrole nitrogens is 1. The van der Waals surface area contributed by atoms with Gasteiger partial charge >= 0.3 is 6.18 Å². The summed E-state index contributed by atoms with van der Waals surface area (Å²) in [5.74, 6) is -0.565. The standard InChI is InChI=1S/C26H25F3N6O2/c1-15-9-11-35-22(12-15)18(14-30-35)24(36)31-23-13-20(32-33-23)21-8-3-4-10-34(21)25(37)17-6-5-7-19(16(17)2)26(27,28)29/h5-7,9,11-14,21H,3-4,8,10H2,1-2H3,(H2,31,32,33,36). The molecule has 1 aromatic carbocycles. The maximum Gasteiger partial charge on any atom is 0.416 e. The number of carbonyl (C=O) groups is 2. The van der Waals surface area contributed by atoms with E-state index < -0.39 is 23.7 Å². The molecule has 1 saturated heterocycles. The highest BCUT2D eigenvalue weighted by molar-refractivity contribution is 6.08. The van der Waals surface area contributed by atoms with Crippen LogP contribution in [0.1, 0.15) is 68.4 Å². The van der Waals surface area contributed by atoms with Crippen molar-refractivity contribution in [2.24, 2.45) is 0 Å². The molecule has 37 heavy (non-hydrogen) atoms. The fraction of sp³-hybridized carbons (Fsp3) is 0.308. The van der Waals surface area contributed by atoms with Crippen molar-refractivity contribution < 1.29 is 22.8 Å². The summed E-state index contributed by atoms with van der Waals surface area (Å²) in [4.78, 5) is 27.9. The van der Waals surface area contributed by atoms with Gasteiger partial charge in [-0.15, -0.1) is 0 Å². The second kappa shape index (κ2) is 9.38. The zero-order valence-corrected chi connectivity index (χ0v) is 20.3. The van der Waals surface area contributed by atoms with Crippen LogP contribution in [0.25, 0.3) is 5.52 Å². The fourth-order valence-electron chi connectivity index (χ4n) is 4.84. The second-order valence-electron chi connectivity index (χ2n) is 9.24. The third-order valence-corrected chi connectivity index (χ3v) is 6.75. The summed E-state index contributed by atoms with van der Waals surface area (Å²) < 4.78 is 41.8. The summed E-state index contributed by atoms with van der Waals surface area (Å²) in [7, 11) is 0. The molecule has 1 aliphatic heterocycles. The molecule has 2 N–H and O–H groups in total. The van der Waals surface area contributed by atoms with Crippen LogP contribution in [0.15, 0.2) is 48.8 Å². The first-order valence-corrected chi connectivity index (χ1v) is 11.9. The summed E-state index contributed by atoms with van der Waals surface area (Å²) in [6.07, 6.45) is 0.917. The van der Waals surface area contributed by atoms with Crippen LogP contribution in [-0.4, -0.2) is 43.1 Å². The molecule has 0 bridgehead atoms. The van der Waals surface area contributed by atoms with E-state index in [4.69, 9.17) is 0 Å². The van der Waals surface area contributed by atoms with E-state index in [1.165, 1.54) is 25.3 Å². The first-order valence-electron chi connectivity index (χ1n) is 11.9. The van der Waals surface area contributed by atoms with Gasteiger partial charge in [0.05, 0.1) is 34.6 Å². The highest BCUT2D eigenvalue weighted by Crippen LogP contribution is 2.36. The van der Waals surface area contributed by atoms with Crippen LogP contribution in [0, 0.1) is 13.8 Å². The monoisotopic (exact) mass is 510 g/mol. The van der Waals surface area contributed by atoms with Crippen molar-refractivity contribution in [1.29, 1.82) is 0 Å². The Labute approximate surface area is 210 Å². The van der Waals surface area contributed by atoms with E-state index >= 15 is 0 Å². The number of amides is 2. The third kappa shape index (κ3) is 4.68. The minimum absolute atomic E-state index is 0.0261. The average Bonchev–Trinajstić information content (AvgIpc) is 3.50. The number of piperidine rings is 1. The van der Waals surface area contributed by atoms with Crippen molar-refractivity contribution in [2.75, 3.05) is 11.9 Å². The molecule has 0 spiro atoms. The van der Waals surface area contributed by atoms with Crippen LogP contribution < -0.4 is 5.32 Å². The zero-order valence-electron chi connectivity index (χ0n) is 20.3. The molecule has 1 fully saturated rings. The van der Waals surface area contributed by atoms with E-state index in [0.717, 1.165) is 24.5 Å². The number of aryl methyl sites for hydroxylation is 1. The van der Waals surface area contributed by atoms with Gasteiger partial charge in [0.2, 0.25) is 0 Å². The number of fused-ring (bicyclic) bond motifs is 1. The number of nitrogens with zero attached hydrogens (tertiary/aromatic N) is 4. The predicted octanol–water partition coefficient (Wildman–Crippen LogP) is 5.31. The second-order valence-corrected chi connectivity index (χ2v) is 9.24. The Morgan fingerprint density at radius 3 is 2.70 bits per heavy atom. The molecular formula is C26H25F3N6O2. The van der Waals surface area contributed by atoms with Crippen LogP contribution in [0.5, 0.6) is 0 Å². The van der Waals surface area contributed by atoms with E-state index in [-0.39, 0.29) is 22.9 Å². The lowest BCUT2D eigenvalue weighted by Gasteiger charge is -2.35. The molecule has 0 saturated carbocycles. The van der Waals surface area contributed by atoms with Crippen LogP contribution in [0.4, 0.5) is 19.0 Å². The molecule has 4 heterocycles. The number of benzene rings is 1. The van der Waals surface area contributed by atoms with Gasteiger partial charge in [0.1, 0.15) is 0 Å². The number of hydrogen-bond acceptors (Lipinski definition) is 4. The van der Waals surface area contributed by atoms with E-state index in [2.05, 4.69) is 20.6 Å². The Morgan fingerprint density at radius 2 is 1.92 bits per heavy atom. The van der Waals surface area contributed by atoms with Crippen LogP contribution in [0.3, 0.4) is 0 Å². The van der Waals surface area contributed by atoms with Crippen LogP contribution in [0.2, 0.25) is 0 Å². The SMILES string of the molecule is Cc1ccn2ncc(C(=O)Nc3cc(C4CCCCN4C(=O)c4cccc(C(F)(F)F)c4C)[nH]n3)c2c1. The largest absolute Gasteiger partial charge is 0.416 e. The number of rotatable bonds is 4. The Kier molecular flexibility index (Phi) is 6.22. The number of nitrogens with one attached hydrogen (secondary N) is 2. The van der Waals surface area contributed by atoms with Gasteiger partial charge in [-0.1, -0.05) is 6.07 Å². The molecule has 3 aromatic heterocycles. The lowest BCUT2D eigenvalue weighted by molar-refractivity contribution is -0.138. The maximum atomic E-state index is 13.4. The van der Waals surface area contributed by atoms with E-state index in [1.807, 2.05) is 19.1 Å². The molecule has 0 radical (unpaired) electrons. The smallest absolute Gasteiger partial charge is 0.330 e. The highest BCUT2D eigenvalue weighted by Gasteiger charge is 2.36. The van der Waals surface area contributed by atoms with Crippen LogP contribution in [-0.2, 0) is 6.18 Å². The van der Waals surface area contributed by atoms with Gasteiger partial charge in [0.15, 0.2) is 5.82 Å². The van der Waals surface area contributed by atoms with Gasteiger partial charge in [0.25, 0.3) is 11.8 Å². The van der Waals surface area contributed by atoms with E-state index in [0.29, 0.717) is 29.7 Å². The number of anilines is 1. The lowest BCUT2D eigenvalue weighted by atomic mass is 9.95. The number of carbonyl (C=O) groups excluding carboxylic acids is 2. The molecule has 0 aliphatic carbocycles. The number of aromatic amines is 1. The van der Waals surface area contributed by atoms with Gasteiger partial charge in [-0.05, 0) is 68.5 Å². The number of aromatic nitrogens is 4. The molecule has 2 amide bonds. The van der Waals surface area contributed by atoms with Crippen molar-refractivity contribution in [3.63, 3.8) is 0 Å². The van der Waals surface area contributed by atoms with Gasteiger partial charge in [-0.25, -0.2) is 4.52 Å². The van der Waals surface area contributed by atoms with Gasteiger partial charge in [0, 0.05) is 24.4 Å². The van der Waals surface area contributed by atoms with Crippen LogP contribution >= 0.6 is 0 Å². The first-order chi connectivity index (χ1) is 17.6. The molecule has 11 heteroatoms. The summed E-state index contributed by atoms with van der Waals surface area (Å²) in [6.45, 7) is 3.65. The average molecular weight is 511 g/mol. The summed E-state index contributed by atoms with van der Waals surface area (Å²) in [5.41, 5.74) is 1.76. The molecule has 1 aliphatic rings. The molecule has 1 atom stereocenters. The van der Waals surface area contributed by atoms with Crippen molar-refractivity contribution in [1.82, 2.24) is 24.7 Å². The number of alkyl halides is 3. The molecule has 1 unspecified atom stereocenters. The molecule has 8 nitrogen and oxygen atoms in total. The number of likely N-dealkylation sites (tertiary alicyclic amines) is 1. The topological polar surface area (TPSA) is 95.4 Å². The Hall–Kier alpha value is -4.15. The minimum Gasteiger partial charge on any atom is -0.330 e. The first kappa shape index (κ1) is 24.5. The minimum atomic E-state index is -4.54. The number of pyridine rings is 1. The van der Waals surface area contributed by atoms with Gasteiger partial charge < -0.3 is 10.2 Å². The fourth-order valence-corrected chi connectivity index (χ4v) is 4.84. The maximum absolute atomic E-state index is 13.4. The van der Waals surface area contributed by atoms with Crippen molar-refractivity contribution in [3.8, 4) is 0 Å². The van der Waals surface area contributed by atoms with E-state index in [1.54, 1.807) is 21.7 Å².